The van der Waals surface area contributed by atoms with Gasteiger partial charge in [-0.05, 0) is 142 Å². The summed E-state index contributed by atoms with van der Waals surface area (Å²) in [6, 6.07) is 22.8. The van der Waals surface area contributed by atoms with Gasteiger partial charge in [-0.25, -0.2) is 57.9 Å². The molecule has 0 aliphatic carbocycles. The number of nitrogen functional groups attached to an aromatic ring is 1. The van der Waals surface area contributed by atoms with Crippen LogP contribution < -0.4 is 35.3 Å². The molecular weight excluding hydrogens is 1070 g/mol. The zero-order valence-corrected chi connectivity index (χ0v) is 47.7. The minimum absolute atomic E-state index is 0.0107. The molecule has 0 fully saturated rings. The van der Waals surface area contributed by atoms with Crippen LogP contribution in [0.4, 0.5) is 27.5 Å². The normalized spacial score (nSPS) is 12.1. The minimum Gasteiger partial charge on any atom is -0.425 e. The number of nitrogens with zero attached hydrogens (tertiary/aromatic N) is 3. The van der Waals surface area contributed by atoms with Gasteiger partial charge in [0, 0.05) is 74.5 Å². The third-order valence-electron chi connectivity index (χ3n) is 8.83. The maximum absolute atomic E-state index is 13.3. The summed E-state index contributed by atoms with van der Waals surface area (Å²) in [5, 5.41) is 14.6. The fourth-order valence-electron chi connectivity index (χ4n) is 6.29. The van der Waals surface area contributed by atoms with E-state index in [2.05, 4.69) is 44.2 Å². The second-order valence-electron chi connectivity index (χ2n) is 19.2. The minimum atomic E-state index is -4.01. The maximum Gasteiger partial charge on any atom is 0.319 e. The van der Waals surface area contributed by atoms with Gasteiger partial charge in [0.2, 0.25) is 40.1 Å². The van der Waals surface area contributed by atoms with Gasteiger partial charge in [-0.1, -0.05) is 12.1 Å². The average Bonchev–Trinajstić information content (AvgIpc) is 3.93. The summed E-state index contributed by atoms with van der Waals surface area (Å²) in [6.07, 6.45) is 6.79. The van der Waals surface area contributed by atoms with Gasteiger partial charge in [-0.15, -0.1) is 22.7 Å². The van der Waals surface area contributed by atoms with Crippen LogP contribution in [-0.2, 0) is 44.8 Å². The van der Waals surface area contributed by atoms with Crippen LogP contribution >= 0.6 is 22.7 Å². The molecule has 0 spiro atoms. The Balaban J connectivity index is 0.000000292. The first-order chi connectivity index (χ1) is 34.0. The number of anilines is 4. The van der Waals surface area contributed by atoms with Crippen LogP contribution in [0.15, 0.2) is 107 Å². The van der Waals surface area contributed by atoms with Crippen LogP contribution in [0.2, 0.25) is 0 Å². The Morgan fingerprint density at radius 3 is 1.32 bits per heavy atom. The van der Waals surface area contributed by atoms with Crippen LogP contribution in [0.25, 0.3) is 42.0 Å². The van der Waals surface area contributed by atoms with E-state index >= 15 is 0 Å². The van der Waals surface area contributed by atoms with Crippen molar-refractivity contribution in [2.24, 2.45) is 0 Å². The molecule has 2 aromatic heterocycles. The van der Waals surface area contributed by atoms with E-state index in [0.717, 1.165) is 23.6 Å². The molecule has 8 N–H and O–H groups in total. The highest BCUT2D eigenvalue weighted by Gasteiger charge is 2.28. The molecule has 74 heavy (non-hydrogen) atoms. The van der Waals surface area contributed by atoms with Crippen molar-refractivity contribution in [3.8, 4) is 48.3 Å². The van der Waals surface area contributed by atoms with Crippen molar-refractivity contribution < 1.29 is 43.2 Å². The van der Waals surface area contributed by atoms with E-state index in [0.29, 0.717) is 42.3 Å². The van der Waals surface area contributed by atoms with Crippen molar-refractivity contribution in [3.63, 3.8) is 0 Å². The van der Waals surface area contributed by atoms with Crippen molar-refractivity contribution in [3.05, 3.63) is 97.3 Å². The number of urea groups is 1. The Labute approximate surface area is 442 Å². The molecule has 0 bridgehead atoms. The molecule has 400 valence electrons. The molecule has 6 aromatic rings. The van der Waals surface area contributed by atoms with E-state index in [4.69, 9.17) is 11.0 Å². The Kier molecular flexibility index (Phi) is 19.9. The summed E-state index contributed by atoms with van der Waals surface area (Å²) in [4.78, 5) is 21.9. The largest absolute Gasteiger partial charge is 0.425 e. The lowest BCUT2D eigenvalue weighted by Gasteiger charge is -2.22. The van der Waals surface area contributed by atoms with Gasteiger partial charge in [0.05, 0.1) is 32.1 Å². The van der Waals surface area contributed by atoms with Gasteiger partial charge >= 0.3 is 6.03 Å². The molecule has 26 heteroatoms. The second-order valence-corrected chi connectivity index (χ2v) is 28.0. The number of amides is 2. The predicted octanol–water partition coefficient (Wildman–Crippen LogP) is 8.86. The molecule has 0 unspecified atom stereocenters. The van der Waals surface area contributed by atoms with Gasteiger partial charge in [0.15, 0.2) is 0 Å². The van der Waals surface area contributed by atoms with Crippen LogP contribution in [-0.4, -0.2) is 85.4 Å². The number of sulfonamides is 4. The standard InChI is InChI=1S/C24H31N5O5S3.C20H24N4O4S3.C4H7NO/c1-15(2)26-23(30)27-17-9-7-16(8-10-17)22-25-14-20(35-22)19-12-11-18(28-36(6,31)32)13-21(19)37(33,34)29-24(3,4)5;1-20(2,3)24-31(27,28)18-11-15(23-30(4,25)26)9-10-16(18)17-12-22-19(29-17)13-5-7-14(21)8-6-13;1-4(2)6-3-5/h7-15,28-29H,1-6H3,(H2,26,27,30);5-12,23-24H,21H2,1-4H3;4H,1-2H3. The average molecular weight is 1130 g/mol. The van der Waals surface area contributed by atoms with Crippen molar-refractivity contribution in [2.45, 2.75) is 102 Å². The Morgan fingerprint density at radius 1 is 0.622 bits per heavy atom. The molecule has 0 saturated heterocycles. The number of carbonyl (C=O) groups is 1. The summed E-state index contributed by atoms with van der Waals surface area (Å²) in [5.41, 5.74) is 8.27. The van der Waals surface area contributed by atoms with E-state index in [1.54, 1.807) is 96.6 Å². The lowest BCUT2D eigenvalue weighted by Crippen LogP contribution is -2.40. The highest BCUT2D eigenvalue weighted by Crippen LogP contribution is 2.39. The molecule has 2 amide bonds. The van der Waals surface area contributed by atoms with Crippen LogP contribution in [0.5, 0.6) is 0 Å². The Hall–Kier alpha value is -6.18. The molecule has 4 aromatic carbocycles. The first-order valence-electron chi connectivity index (χ1n) is 22.4. The Morgan fingerprint density at radius 2 is 1.00 bits per heavy atom. The first kappa shape index (κ1) is 60.4. The van der Waals surface area contributed by atoms with Crippen LogP contribution in [0.3, 0.4) is 0 Å². The van der Waals surface area contributed by atoms with Crippen molar-refractivity contribution >= 4 is 91.5 Å². The molecule has 0 saturated carbocycles. The summed E-state index contributed by atoms with van der Waals surface area (Å²) in [5.74, 6) is 0. The molecule has 0 atom stereocenters. The maximum atomic E-state index is 13.3. The number of nitrogens with one attached hydrogen (secondary N) is 6. The van der Waals surface area contributed by atoms with Crippen LogP contribution in [0, 0.1) is 11.5 Å². The molecular formula is C48H62N10O10S6. The lowest BCUT2D eigenvalue weighted by atomic mass is 10.1. The zero-order valence-electron chi connectivity index (χ0n) is 42.8. The van der Waals surface area contributed by atoms with Gasteiger partial charge < -0.3 is 21.1 Å². The number of benzene rings is 4. The summed E-state index contributed by atoms with van der Waals surface area (Å²) in [6.45, 7) is 17.7. The molecule has 6 rings (SSSR count). The highest BCUT2D eigenvalue weighted by molar-refractivity contribution is 7.92. The van der Waals surface area contributed by atoms with E-state index in [1.807, 2.05) is 52.0 Å². The SMILES string of the molecule is CC(C)(C)NS(=O)(=O)c1cc(NS(C)(=O)=O)ccc1-c1cnc(-c2ccc(N)cc2)s1.CC(C)NC(=O)Nc1ccc(-c2ncc(-c3ccc(NS(C)(=O)=O)cc3S(=O)(=O)NC(C)(C)C)s2)cc1.CC(C)OC#N. The quantitative estimate of drug-likeness (QED) is 0.0373. The van der Waals surface area contributed by atoms with E-state index in [9.17, 15) is 38.5 Å². The number of hydrogen-bond donors (Lipinski definition) is 7. The molecule has 20 nitrogen and oxygen atoms in total. The van der Waals surface area contributed by atoms with Crippen molar-refractivity contribution in [1.82, 2.24) is 24.7 Å². The number of carbonyl (C=O) groups excluding carboxylic acids is 1. The number of thiazole rings is 2. The molecule has 0 aliphatic rings. The fraction of sp³-hybridized carbons (Fsp3) is 0.333. The molecule has 0 aliphatic heterocycles. The Bertz CT molecular complexity index is 3410. The number of hydrogen-bond acceptors (Lipinski definition) is 16. The van der Waals surface area contributed by atoms with Crippen molar-refractivity contribution in [2.75, 3.05) is 33.0 Å². The second kappa shape index (κ2) is 24.4. The number of aromatic nitrogens is 2. The van der Waals surface area contributed by atoms with Gasteiger partial charge in [-0.2, -0.15) is 5.26 Å². The van der Waals surface area contributed by atoms with Gasteiger partial charge in [-0.3, -0.25) is 9.44 Å². The van der Waals surface area contributed by atoms with Crippen molar-refractivity contribution in [1.29, 1.82) is 5.26 Å². The lowest BCUT2D eigenvalue weighted by molar-refractivity contribution is 0.198. The number of nitriles is 1. The third-order valence-corrected chi connectivity index (χ3v) is 15.8. The number of ether oxygens (including phenoxy) is 1. The van der Waals surface area contributed by atoms with E-state index in [1.165, 1.54) is 46.9 Å². The summed E-state index contributed by atoms with van der Waals surface area (Å²) in [7, 11) is -15.1. The first-order valence-corrected chi connectivity index (χ1v) is 30.7. The monoisotopic (exact) mass is 1130 g/mol. The zero-order chi connectivity index (χ0) is 55.6. The van der Waals surface area contributed by atoms with Gasteiger partial charge in [0.1, 0.15) is 16.1 Å². The topological polar surface area (TPSA) is 311 Å². The highest BCUT2D eigenvalue weighted by atomic mass is 32.2. The number of nitrogens with two attached hydrogens (primary N) is 1. The number of rotatable bonds is 15. The molecule has 0 radical (unpaired) electrons. The summed E-state index contributed by atoms with van der Waals surface area (Å²) >= 11 is 2.62. The molecule has 2 heterocycles. The van der Waals surface area contributed by atoms with Crippen LogP contribution in [0.1, 0.15) is 69.2 Å². The van der Waals surface area contributed by atoms with E-state index in [-0.39, 0.29) is 39.3 Å². The van der Waals surface area contributed by atoms with Gasteiger partial charge in [0.25, 0.3) is 6.26 Å². The third kappa shape index (κ3) is 19.6. The van der Waals surface area contributed by atoms with E-state index < -0.39 is 51.2 Å². The fourth-order valence-corrected chi connectivity index (χ4v) is 12.8. The summed E-state index contributed by atoms with van der Waals surface area (Å²) < 4.78 is 114. The predicted molar refractivity (Wildman–Crippen MR) is 297 cm³/mol. The smallest absolute Gasteiger partial charge is 0.319 e.